The Hall–Kier alpha value is -3.64. The second kappa shape index (κ2) is 8.71. The van der Waals surface area contributed by atoms with E-state index in [0.717, 1.165) is 22.8 Å². The van der Waals surface area contributed by atoms with Crippen molar-refractivity contribution in [2.24, 2.45) is 0 Å². The zero-order chi connectivity index (χ0) is 22.9. The van der Waals surface area contributed by atoms with Gasteiger partial charge in [-0.3, -0.25) is 4.98 Å². The van der Waals surface area contributed by atoms with Gasteiger partial charge in [-0.25, -0.2) is 0 Å². The lowest BCUT2D eigenvalue weighted by Gasteiger charge is -2.29. The summed E-state index contributed by atoms with van der Waals surface area (Å²) in [6.45, 7) is 4.39. The molecule has 4 aromatic rings. The Morgan fingerprint density at radius 2 is 1.64 bits per heavy atom. The summed E-state index contributed by atoms with van der Waals surface area (Å²) in [5, 5.41) is 14.0. The molecule has 0 saturated carbocycles. The van der Waals surface area contributed by atoms with Crippen LogP contribution < -0.4 is 10.2 Å². The summed E-state index contributed by atoms with van der Waals surface area (Å²) in [6, 6.07) is 25.8. The van der Waals surface area contributed by atoms with Crippen molar-refractivity contribution in [3.63, 3.8) is 0 Å². The van der Waals surface area contributed by atoms with Gasteiger partial charge in [-0.15, -0.1) is 0 Å². The third-order valence-corrected chi connectivity index (χ3v) is 6.46. The summed E-state index contributed by atoms with van der Waals surface area (Å²) < 4.78 is 2.14. The standard InChI is InChI=1S/C27H26N4OS/c1-18(2)19-8-10-21(11-9-19)31-26(25(29-27(31)33)23-6-3-4-16-28-23)24-7-5-17-30(24)20-12-14-22(32)15-13-20/h3-18,25-26,32H,1-2H3,(H,29,33)/t25-,26+/m1/s1. The largest absolute Gasteiger partial charge is 0.508 e. The molecular weight excluding hydrogens is 428 g/mol. The highest BCUT2D eigenvalue weighted by Crippen LogP contribution is 2.42. The maximum Gasteiger partial charge on any atom is 0.174 e. The van der Waals surface area contributed by atoms with Crippen LogP contribution in [0.1, 0.15) is 48.8 Å². The van der Waals surface area contributed by atoms with E-state index in [4.69, 9.17) is 12.2 Å². The van der Waals surface area contributed by atoms with E-state index < -0.39 is 0 Å². The zero-order valence-corrected chi connectivity index (χ0v) is 19.4. The van der Waals surface area contributed by atoms with E-state index in [0.29, 0.717) is 11.0 Å². The molecule has 166 valence electrons. The summed E-state index contributed by atoms with van der Waals surface area (Å²) in [5.74, 6) is 0.709. The Bertz CT molecular complexity index is 1250. The third-order valence-electron chi connectivity index (χ3n) is 6.15. The molecule has 0 radical (unpaired) electrons. The van der Waals surface area contributed by atoms with E-state index >= 15 is 0 Å². The minimum Gasteiger partial charge on any atom is -0.508 e. The maximum atomic E-state index is 9.76. The van der Waals surface area contributed by atoms with Crippen LogP contribution in [-0.4, -0.2) is 19.8 Å². The van der Waals surface area contributed by atoms with Crippen molar-refractivity contribution in [3.8, 4) is 11.4 Å². The molecule has 1 saturated heterocycles. The topological polar surface area (TPSA) is 53.3 Å². The molecule has 1 aliphatic heterocycles. The number of nitrogens with zero attached hydrogens (tertiary/aromatic N) is 3. The highest BCUT2D eigenvalue weighted by atomic mass is 32.1. The molecule has 2 aromatic heterocycles. The SMILES string of the molecule is CC(C)c1ccc(N2C(=S)N[C@H](c3ccccn3)[C@@H]2c2cccn2-c2ccc(O)cc2)cc1. The first-order valence-corrected chi connectivity index (χ1v) is 11.5. The first kappa shape index (κ1) is 21.2. The van der Waals surface area contributed by atoms with Gasteiger partial charge in [0.05, 0.1) is 11.7 Å². The number of hydrogen-bond acceptors (Lipinski definition) is 3. The van der Waals surface area contributed by atoms with Gasteiger partial charge in [0.2, 0.25) is 0 Å². The third kappa shape index (κ3) is 3.98. The van der Waals surface area contributed by atoms with Crippen molar-refractivity contribution < 1.29 is 5.11 Å². The lowest BCUT2D eigenvalue weighted by Crippen LogP contribution is -2.30. The number of aromatic nitrogens is 2. The van der Waals surface area contributed by atoms with Crippen LogP contribution in [0, 0.1) is 0 Å². The van der Waals surface area contributed by atoms with Crippen LogP contribution in [0.15, 0.2) is 91.3 Å². The Labute approximate surface area is 199 Å². The molecule has 6 heteroatoms. The molecule has 1 fully saturated rings. The number of phenolic OH excluding ortho intramolecular Hbond substituents is 1. The number of nitrogens with one attached hydrogen (secondary N) is 1. The first-order valence-electron chi connectivity index (χ1n) is 11.1. The van der Waals surface area contributed by atoms with Crippen LogP contribution in [0.4, 0.5) is 5.69 Å². The Morgan fingerprint density at radius 1 is 0.909 bits per heavy atom. The number of pyridine rings is 1. The van der Waals surface area contributed by atoms with Crippen LogP contribution in [0.3, 0.4) is 0 Å². The number of anilines is 1. The predicted octanol–water partition coefficient (Wildman–Crippen LogP) is 5.88. The van der Waals surface area contributed by atoms with Crippen LogP contribution in [-0.2, 0) is 0 Å². The van der Waals surface area contributed by atoms with Gasteiger partial charge < -0.3 is 19.9 Å². The van der Waals surface area contributed by atoms with E-state index in [9.17, 15) is 5.11 Å². The summed E-state index contributed by atoms with van der Waals surface area (Å²) in [6.07, 6.45) is 3.86. The minimum atomic E-state index is -0.116. The summed E-state index contributed by atoms with van der Waals surface area (Å²) in [7, 11) is 0. The smallest absolute Gasteiger partial charge is 0.174 e. The monoisotopic (exact) mass is 454 g/mol. The number of aromatic hydroxyl groups is 1. The molecule has 0 bridgehead atoms. The van der Waals surface area contributed by atoms with E-state index in [1.54, 1.807) is 12.1 Å². The van der Waals surface area contributed by atoms with E-state index in [1.165, 1.54) is 5.56 Å². The van der Waals surface area contributed by atoms with Gasteiger partial charge in [0.25, 0.3) is 0 Å². The van der Waals surface area contributed by atoms with E-state index in [1.807, 2.05) is 48.8 Å². The maximum absolute atomic E-state index is 9.76. The van der Waals surface area contributed by atoms with Gasteiger partial charge in [-0.2, -0.15) is 0 Å². The normalized spacial score (nSPS) is 18.0. The van der Waals surface area contributed by atoms with Gasteiger partial charge in [0.1, 0.15) is 11.8 Å². The molecule has 2 atom stereocenters. The van der Waals surface area contributed by atoms with Crippen molar-refractivity contribution in [1.82, 2.24) is 14.9 Å². The molecule has 0 unspecified atom stereocenters. The molecule has 0 spiro atoms. The van der Waals surface area contributed by atoms with Crippen LogP contribution in [0.25, 0.3) is 5.69 Å². The van der Waals surface area contributed by atoms with Crippen molar-refractivity contribution in [3.05, 3.63) is 108 Å². The van der Waals surface area contributed by atoms with Crippen molar-refractivity contribution in [2.75, 3.05) is 4.90 Å². The second-order valence-electron chi connectivity index (χ2n) is 8.56. The molecule has 3 heterocycles. The highest BCUT2D eigenvalue weighted by Gasteiger charge is 2.42. The molecule has 2 aromatic carbocycles. The fraction of sp³-hybridized carbons (Fsp3) is 0.185. The Balaban J connectivity index is 1.63. The Kier molecular flexibility index (Phi) is 5.60. The molecule has 33 heavy (non-hydrogen) atoms. The second-order valence-corrected chi connectivity index (χ2v) is 8.95. The fourth-order valence-corrected chi connectivity index (χ4v) is 4.78. The van der Waals surface area contributed by atoms with Crippen LogP contribution in [0.5, 0.6) is 5.75 Å². The van der Waals surface area contributed by atoms with E-state index in [2.05, 4.69) is 63.9 Å². The van der Waals surface area contributed by atoms with Crippen molar-refractivity contribution >= 4 is 23.0 Å². The number of hydrogen-bond donors (Lipinski definition) is 2. The van der Waals surface area contributed by atoms with Gasteiger partial charge in [0, 0.05) is 29.5 Å². The van der Waals surface area contributed by atoms with Gasteiger partial charge in [-0.05, 0) is 84.4 Å². The van der Waals surface area contributed by atoms with Gasteiger partial charge in [-0.1, -0.05) is 32.0 Å². The zero-order valence-electron chi connectivity index (χ0n) is 18.6. The summed E-state index contributed by atoms with van der Waals surface area (Å²) >= 11 is 5.86. The molecule has 0 amide bonds. The Morgan fingerprint density at radius 3 is 2.30 bits per heavy atom. The average Bonchev–Trinajstić information content (AvgIpc) is 3.44. The number of phenols is 1. The van der Waals surface area contributed by atoms with Crippen molar-refractivity contribution in [2.45, 2.75) is 31.8 Å². The van der Waals surface area contributed by atoms with Gasteiger partial charge in [0.15, 0.2) is 5.11 Å². The fourth-order valence-electron chi connectivity index (χ4n) is 4.44. The van der Waals surface area contributed by atoms with E-state index in [-0.39, 0.29) is 17.8 Å². The predicted molar refractivity (Wildman–Crippen MR) is 136 cm³/mol. The molecule has 5 rings (SSSR count). The summed E-state index contributed by atoms with van der Waals surface area (Å²) in [5.41, 5.74) is 5.32. The molecule has 1 aliphatic rings. The average molecular weight is 455 g/mol. The molecule has 5 nitrogen and oxygen atoms in total. The quantitative estimate of drug-likeness (QED) is 0.369. The van der Waals surface area contributed by atoms with Crippen molar-refractivity contribution in [1.29, 1.82) is 0 Å². The summed E-state index contributed by atoms with van der Waals surface area (Å²) in [4.78, 5) is 6.83. The molecule has 0 aliphatic carbocycles. The lowest BCUT2D eigenvalue weighted by molar-refractivity contribution is 0.475. The minimum absolute atomic E-state index is 0.110. The van der Waals surface area contributed by atoms with Crippen LogP contribution in [0.2, 0.25) is 0 Å². The lowest BCUT2D eigenvalue weighted by atomic mass is 9.99. The highest BCUT2D eigenvalue weighted by molar-refractivity contribution is 7.80. The number of thiocarbonyl (C=S) groups is 1. The van der Waals surface area contributed by atoms with Gasteiger partial charge >= 0.3 is 0 Å². The number of rotatable bonds is 5. The molecular formula is C27H26N4OS. The molecule has 2 N–H and O–H groups in total. The first-order chi connectivity index (χ1) is 16.0. The number of benzene rings is 2. The van der Waals surface area contributed by atoms with Crippen LogP contribution >= 0.6 is 12.2 Å².